The topological polar surface area (TPSA) is 73.9 Å². The second-order valence-electron chi connectivity index (χ2n) is 7.27. The normalized spacial score (nSPS) is 11.7. The number of carbonyl (C=O) groups is 2. The van der Waals surface area contributed by atoms with E-state index in [-0.39, 0.29) is 18.6 Å². The van der Waals surface area contributed by atoms with Gasteiger partial charge in [0.25, 0.3) is 5.91 Å². The molecular weight excluding hydrogens is 370 g/mol. The largest absolute Gasteiger partial charge is 0.493 e. The molecule has 1 N–H and O–H groups in total. The maximum atomic E-state index is 12.3. The molecule has 0 bridgehead atoms. The molecule has 156 valence electrons. The van der Waals surface area contributed by atoms with E-state index in [1.54, 1.807) is 12.1 Å². The smallest absolute Gasteiger partial charge is 0.337 e. The highest BCUT2D eigenvalue weighted by atomic mass is 16.5. The Balaban J connectivity index is 1.93. The lowest BCUT2D eigenvalue weighted by Gasteiger charge is -2.16. The minimum Gasteiger partial charge on any atom is -0.493 e. The molecule has 0 heterocycles. The second kappa shape index (κ2) is 10.5. The number of carbonyl (C=O) groups excluding carboxylic acids is 2. The van der Waals surface area contributed by atoms with E-state index in [0.29, 0.717) is 23.0 Å². The van der Waals surface area contributed by atoms with E-state index in [0.717, 1.165) is 12.0 Å². The van der Waals surface area contributed by atoms with Crippen molar-refractivity contribution in [1.82, 2.24) is 5.32 Å². The van der Waals surface area contributed by atoms with Crippen molar-refractivity contribution in [3.8, 4) is 11.5 Å². The molecule has 2 rings (SSSR count). The van der Waals surface area contributed by atoms with Crippen molar-refractivity contribution < 1.29 is 23.8 Å². The summed E-state index contributed by atoms with van der Waals surface area (Å²) >= 11 is 0. The summed E-state index contributed by atoms with van der Waals surface area (Å²) in [5, 5.41) is 2.92. The summed E-state index contributed by atoms with van der Waals surface area (Å²) in [7, 11) is 2.77. The first-order chi connectivity index (χ1) is 13.8. The minimum atomic E-state index is -0.471. The fourth-order valence-corrected chi connectivity index (χ4v) is 2.96. The first kappa shape index (κ1) is 22.3. The first-order valence-corrected chi connectivity index (χ1v) is 9.61. The van der Waals surface area contributed by atoms with Crippen molar-refractivity contribution >= 4 is 11.9 Å². The molecule has 1 atom stereocenters. The fourth-order valence-electron chi connectivity index (χ4n) is 2.96. The number of ether oxygens (including phenoxy) is 3. The Bertz CT molecular complexity index is 830. The van der Waals surface area contributed by atoms with Crippen LogP contribution < -0.4 is 14.8 Å². The Hall–Kier alpha value is -3.02. The van der Waals surface area contributed by atoms with Gasteiger partial charge < -0.3 is 19.5 Å². The maximum absolute atomic E-state index is 12.3. The highest BCUT2D eigenvalue weighted by molar-refractivity contribution is 5.90. The third-order valence-electron chi connectivity index (χ3n) is 4.44. The molecule has 0 aliphatic carbocycles. The van der Waals surface area contributed by atoms with Crippen molar-refractivity contribution in [1.29, 1.82) is 0 Å². The van der Waals surface area contributed by atoms with E-state index in [9.17, 15) is 9.59 Å². The Labute approximate surface area is 172 Å². The van der Waals surface area contributed by atoms with Crippen LogP contribution in [0.2, 0.25) is 0 Å². The molecular formula is C23H29NO5. The molecule has 2 aromatic rings. The van der Waals surface area contributed by atoms with Crippen LogP contribution in [0.15, 0.2) is 42.5 Å². The molecule has 6 nitrogen and oxygen atoms in total. The molecule has 2 aromatic carbocycles. The molecule has 0 saturated carbocycles. The van der Waals surface area contributed by atoms with Gasteiger partial charge in [-0.3, -0.25) is 4.79 Å². The lowest BCUT2D eigenvalue weighted by Crippen LogP contribution is -2.31. The summed E-state index contributed by atoms with van der Waals surface area (Å²) in [5.74, 6) is 0.618. The molecule has 0 aliphatic rings. The van der Waals surface area contributed by atoms with E-state index in [1.807, 2.05) is 19.1 Å². The van der Waals surface area contributed by atoms with Crippen molar-refractivity contribution in [2.75, 3.05) is 20.8 Å². The van der Waals surface area contributed by atoms with Gasteiger partial charge in [-0.1, -0.05) is 38.1 Å². The van der Waals surface area contributed by atoms with Gasteiger partial charge in [-0.2, -0.15) is 0 Å². The summed E-state index contributed by atoms with van der Waals surface area (Å²) in [6, 6.07) is 12.8. The predicted molar refractivity (Wildman–Crippen MR) is 111 cm³/mol. The van der Waals surface area contributed by atoms with Crippen molar-refractivity contribution in [3.63, 3.8) is 0 Å². The van der Waals surface area contributed by atoms with E-state index >= 15 is 0 Å². The van der Waals surface area contributed by atoms with Crippen LogP contribution in [-0.4, -0.2) is 32.7 Å². The van der Waals surface area contributed by atoms with Crippen LogP contribution in [0.3, 0.4) is 0 Å². The lowest BCUT2D eigenvalue weighted by atomic mass is 10.00. The summed E-state index contributed by atoms with van der Waals surface area (Å²) in [4.78, 5) is 23.9. The van der Waals surface area contributed by atoms with Gasteiger partial charge in [0.2, 0.25) is 0 Å². The second-order valence-corrected chi connectivity index (χ2v) is 7.27. The number of hydrogen-bond acceptors (Lipinski definition) is 5. The zero-order chi connectivity index (χ0) is 21.4. The predicted octanol–water partition coefficient (Wildman–Crippen LogP) is 3.94. The Morgan fingerprint density at radius 2 is 1.66 bits per heavy atom. The van der Waals surface area contributed by atoms with Crippen LogP contribution >= 0.6 is 0 Å². The van der Waals surface area contributed by atoms with Crippen LogP contribution in [-0.2, 0) is 16.0 Å². The highest BCUT2D eigenvalue weighted by Gasteiger charge is 2.14. The molecule has 0 saturated heterocycles. The average Bonchev–Trinajstić information content (AvgIpc) is 2.71. The van der Waals surface area contributed by atoms with Crippen LogP contribution in [0.1, 0.15) is 48.3 Å². The third-order valence-corrected chi connectivity index (χ3v) is 4.44. The standard InChI is InChI=1S/C23H29NO5/c1-15(2)12-17-6-8-18(9-7-17)16(3)24-22(25)14-29-20-11-10-19(23(26)28-5)13-21(20)27-4/h6-11,13,15-16H,12,14H2,1-5H3,(H,24,25). The summed E-state index contributed by atoms with van der Waals surface area (Å²) in [6.45, 7) is 6.15. The van der Waals surface area contributed by atoms with Gasteiger partial charge >= 0.3 is 5.97 Å². The minimum absolute atomic E-state index is 0.136. The van der Waals surface area contributed by atoms with E-state index in [1.165, 1.54) is 25.8 Å². The average molecular weight is 399 g/mol. The zero-order valence-electron chi connectivity index (χ0n) is 17.7. The number of rotatable bonds is 9. The Kier molecular flexibility index (Phi) is 8.07. The van der Waals surface area contributed by atoms with Gasteiger partial charge in [-0.15, -0.1) is 0 Å². The number of amides is 1. The van der Waals surface area contributed by atoms with Crippen LogP contribution in [0.25, 0.3) is 0 Å². The highest BCUT2D eigenvalue weighted by Crippen LogP contribution is 2.28. The van der Waals surface area contributed by atoms with Crippen molar-refractivity contribution in [2.45, 2.75) is 33.2 Å². The van der Waals surface area contributed by atoms with Gasteiger partial charge in [0.05, 0.1) is 25.8 Å². The molecule has 0 radical (unpaired) electrons. The number of hydrogen-bond donors (Lipinski definition) is 1. The van der Waals surface area contributed by atoms with Gasteiger partial charge in [0.1, 0.15) is 0 Å². The van der Waals surface area contributed by atoms with E-state index in [2.05, 4.69) is 36.0 Å². The number of methoxy groups -OCH3 is 2. The lowest BCUT2D eigenvalue weighted by molar-refractivity contribution is -0.123. The number of esters is 1. The molecule has 0 fully saturated rings. The zero-order valence-corrected chi connectivity index (χ0v) is 17.7. The quantitative estimate of drug-likeness (QED) is 0.647. The number of nitrogens with one attached hydrogen (secondary N) is 1. The third kappa shape index (κ3) is 6.52. The van der Waals surface area contributed by atoms with Gasteiger partial charge in [-0.05, 0) is 48.6 Å². The molecule has 0 aromatic heterocycles. The van der Waals surface area contributed by atoms with Crippen LogP contribution in [0, 0.1) is 5.92 Å². The van der Waals surface area contributed by atoms with E-state index < -0.39 is 5.97 Å². The Morgan fingerprint density at radius 1 is 0.966 bits per heavy atom. The molecule has 0 aliphatic heterocycles. The molecule has 1 unspecified atom stereocenters. The SMILES string of the molecule is COC(=O)c1ccc(OCC(=O)NC(C)c2ccc(CC(C)C)cc2)c(OC)c1. The molecule has 0 spiro atoms. The van der Waals surface area contributed by atoms with E-state index in [4.69, 9.17) is 9.47 Å². The molecule has 29 heavy (non-hydrogen) atoms. The van der Waals surface area contributed by atoms with Gasteiger partial charge in [0, 0.05) is 0 Å². The van der Waals surface area contributed by atoms with Crippen molar-refractivity contribution in [2.24, 2.45) is 5.92 Å². The summed E-state index contributed by atoms with van der Waals surface area (Å²) < 4.78 is 15.5. The Morgan fingerprint density at radius 3 is 2.24 bits per heavy atom. The van der Waals surface area contributed by atoms with Crippen LogP contribution in [0.4, 0.5) is 0 Å². The molecule has 1 amide bonds. The number of benzene rings is 2. The maximum Gasteiger partial charge on any atom is 0.337 e. The summed E-state index contributed by atoms with van der Waals surface area (Å²) in [6.07, 6.45) is 1.03. The fraction of sp³-hybridized carbons (Fsp3) is 0.391. The molecule has 6 heteroatoms. The van der Waals surface area contributed by atoms with Gasteiger partial charge in [0.15, 0.2) is 18.1 Å². The first-order valence-electron chi connectivity index (χ1n) is 9.61. The summed E-state index contributed by atoms with van der Waals surface area (Å²) in [5.41, 5.74) is 2.66. The van der Waals surface area contributed by atoms with Gasteiger partial charge in [-0.25, -0.2) is 4.79 Å². The van der Waals surface area contributed by atoms with Crippen LogP contribution in [0.5, 0.6) is 11.5 Å². The van der Waals surface area contributed by atoms with Crippen molar-refractivity contribution in [3.05, 3.63) is 59.2 Å². The monoisotopic (exact) mass is 399 g/mol.